The number of hydrogen-bond acceptors (Lipinski definition) is 4. The zero-order valence-corrected chi connectivity index (χ0v) is 16.4. The normalized spacial score (nSPS) is 12.6. The molecule has 0 aliphatic rings. The van der Waals surface area contributed by atoms with Crippen molar-refractivity contribution in [3.8, 4) is 6.07 Å². The van der Waals surface area contributed by atoms with Crippen molar-refractivity contribution in [1.29, 1.82) is 5.26 Å². The van der Waals surface area contributed by atoms with E-state index < -0.39 is 0 Å². The molecule has 0 bridgehead atoms. The molecule has 1 unspecified atom stereocenters. The predicted octanol–water partition coefficient (Wildman–Crippen LogP) is 2.62. The second-order valence-electron chi connectivity index (χ2n) is 6.55. The first kappa shape index (κ1) is 20.5. The first-order valence-corrected chi connectivity index (χ1v) is 9.02. The Morgan fingerprint density at radius 3 is 2.89 bits per heavy atom. The third-order valence-corrected chi connectivity index (χ3v) is 4.45. The summed E-state index contributed by atoms with van der Waals surface area (Å²) in [5.41, 5.74) is 3.06. The highest BCUT2D eigenvalue weighted by molar-refractivity contribution is 6.01. The number of nitrogens with zero attached hydrogens (tertiary/aromatic N) is 4. The standard InChI is InChI=1S/C20H27N5O2/c1-15-11-18(17(3)25(15)16(2)14-27-4)12-19(13-21)20(26)22-7-5-9-24-10-6-8-23-24/h6,8,10-12,16H,5,7,9,14H2,1-4H3,(H,22,26)/b19-12-. The lowest BCUT2D eigenvalue weighted by molar-refractivity contribution is -0.117. The van der Waals surface area contributed by atoms with Gasteiger partial charge in [0.25, 0.3) is 5.91 Å². The van der Waals surface area contributed by atoms with Gasteiger partial charge in [0.15, 0.2) is 0 Å². The Labute approximate surface area is 160 Å². The zero-order valence-electron chi connectivity index (χ0n) is 16.4. The summed E-state index contributed by atoms with van der Waals surface area (Å²) in [6, 6.07) is 6.04. The first-order chi connectivity index (χ1) is 13.0. The van der Waals surface area contributed by atoms with Crippen molar-refractivity contribution >= 4 is 12.0 Å². The molecule has 0 aliphatic heterocycles. The minimum atomic E-state index is -0.354. The van der Waals surface area contributed by atoms with E-state index in [1.807, 2.05) is 42.9 Å². The van der Waals surface area contributed by atoms with Crippen molar-refractivity contribution in [2.45, 2.75) is 39.8 Å². The van der Waals surface area contributed by atoms with Crippen LogP contribution in [0.4, 0.5) is 0 Å². The van der Waals surface area contributed by atoms with Crippen LogP contribution in [0.2, 0.25) is 0 Å². The molecule has 0 saturated carbocycles. The van der Waals surface area contributed by atoms with E-state index in [1.54, 1.807) is 19.4 Å². The summed E-state index contributed by atoms with van der Waals surface area (Å²) in [6.07, 6.45) is 6.00. The molecule has 2 aromatic heterocycles. The zero-order chi connectivity index (χ0) is 19.8. The fourth-order valence-electron chi connectivity index (χ4n) is 3.22. The van der Waals surface area contributed by atoms with E-state index in [-0.39, 0.29) is 17.5 Å². The second-order valence-corrected chi connectivity index (χ2v) is 6.55. The number of ether oxygens (including phenoxy) is 1. The molecule has 144 valence electrons. The Kier molecular flexibility index (Phi) is 7.38. The van der Waals surface area contributed by atoms with Crippen LogP contribution in [0, 0.1) is 25.2 Å². The molecule has 7 heteroatoms. The van der Waals surface area contributed by atoms with E-state index >= 15 is 0 Å². The van der Waals surface area contributed by atoms with Crippen molar-refractivity contribution in [1.82, 2.24) is 19.7 Å². The summed E-state index contributed by atoms with van der Waals surface area (Å²) >= 11 is 0. The lowest BCUT2D eigenvalue weighted by atomic mass is 10.1. The summed E-state index contributed by atoms with van der Waals surface area (Å²) < 4.78 is 9.21. The number of nitriles is 1. The monoisotopic (exact) mass is 369 g/mol. The summed E-state index contributed by atoms with van der Waals surface area (Å²) in [7, 11) is 1.68. The van der Waals surface area contributed by atoms with Gasteiger partial charge in [-0.15, -0.1) is 0 Å². The first-order valence-electron chi connectivity index (χ1n) is 9.02. The quantitative estimate of drug-likeness (QED) is 0.418. The maximum atomic E-state index is 12.3. The number of amides is 1. The van der Waals surface area contributed by atoms with Gasteiger partial charge in [-0.3, -0.25) is 9.48 Å². The van der Waals surface area contributed by atoms with Crippen LogP contribution in [0.15, 0.2) is 30.1 Å². The van der Waals surface area contributed by atoms with Gasteiger partial charge in [0.1, 0.15) is 11.6 Å². The lowest BCUT2D eigenvalue weighted by Crippen LogP contribution is -2.26. The minimum Gasteiger partial charge on any atom is -0.383 e. The number of nitrogens with one attached hydrogen (secondary N) is 1. The van der Waals surface area contributed by atoms with Crippen molar-refractivity contribution < 1.29 is 9.53 Å². The SMILES string of the molecule is COCC(C)n1c(C)cc(/C=C(/C#N)C(=O)NCCCn2cccn2)c1C. The molecule has 2 aromatic rings. The molecule has 2 heterocycles. The van der Waals surface area contributed by atoms with Crippen molar-refractivity contribution in [2.24, 2.45) is 0 Å². The molecule has 2 rings (SSSR count). The topological polar surface area (TPSA) is 84.9 Å². The largest absolute Gasteiger partial charge is 0.383 e. The molecule has 27 heavy (non-hydrogen) atoms. The van der Waals surface area contributed by atoms with Crippen LogP contribution in [0.3, 0.4) is 0 Å². The number of carbonyl (C=O) groups is 1. The second kappa shape index (κ2) is 9.74. The van der Waals surface area contributed by atoms with Crippen molar-refractivity contribution in [3.05, 3.63) is 47.1 Å². The number of methoxy groups -OCH3 is 1. The van der Waals surface area contributed by atoms with Gasteiger partial charge in [-0.05, 0) is 51.0 Å². The Morgan fingerprint density at radius 1 is 1.48 bits per heavy atom. The van der Waals surface area contributed by atoms with Crippen LogP contribution in [0.25, 0.3) is 6.08 Å². The smallest absolute Gasteiger partial charge is 0.261 e. The number of hydrogen-bond donors (Lipinski definition) is 1. The highest BCUT2D eigenvalue weighted by Crippen LogP contribution is 2.22. The number of rotatable bonds is 9. The van der Waals surface area contributed by atoms with Gasteiger partial charge in [0, 0.05) is 44.0 Å². The molecule has 0 spiro atoms. The predicted molar refractivity (Wildman–Crippen MR) is 104 cm³/mol. The van der Waals surface area contributed by atoms with Crippen LogP contribution >= 0.6 is 0 Å². The Bertz CT molecular complexity index is 827. The summed E-state index contributed by atoms with van der Waals surface area (Å²) in [5.74, 6) is -0.354. The Morgan fingerprint density at radius 2 is 2.26 bits per heavy atom. The van der Waals surface area contributed by atoms with Gasteiger partial charge in [0.05, 0.1) is 12.6 Å². The van der Waals surface area contributed by atoms with Gasteiger partial charge in [-0.25, -0.2) is 0 Å². The molecule has 0 aliphatic carbocycles. The molecular weight excluding hydrogens is 342 g/mol. The van der Waals surface area contributed by atoms with Crippen LogP contribution in [0.1, 0.15) is 36.3 Å². The number of carbonyl (C=O) groups excluding carboxylic acids is 1. The van der Waals surface area contributed by atoms with Gasteiger partial charge in [0.2, 0.25) is 0 Å². The van der Waals surface area contributed by atoms with Gasteiger partial charge < -0.3 is 14.6 Å². The van der Waals surface area contributed by atoms with E-state index in [0.29, 0.717) is 13.2 Å². The average Bonchev–Trinajstić information content (AvgIpc) is 3.24. The molecule has 0 aromatic carbocycles. The van der Waals surface area contributed by atoms with Crippen LogP contribution in [0.5, 0.6) is 0 Å². The molecule has 1 amide bonds. The summed E-state index contributed by atoms with van der Waals surface area (Å²) in [6.45, 7) is 7.88. The molecule has 0 radical (unpaired) electrons. The Hall–Kier alpha value is -2.85. The lowest BCUT2D eigenvalue weighted by Gasteiger charge is -2.17. The molecule has 1 N–H and O–H groups in total. The highest BCUT2D eigenvalue weighted by Gasteiger charge is 2.15. The van der Waals surface area contributed by atoms with E-state index in [4.69, 9.17) is 4.74 Å². The van der Waals surface area contributed by atoms with Crippen LogP contribution in [-0.4, -0.2) is 40.5 Å². The van der Waals surface area contributed by atoms with Gasteiger partial charge >= 0.3 is 0 Å². The fourth-order valence-corrected chi connectivity index (χ4v) is 3.22. The van der Waals surface area contributed by atoms with Crippen LogP contribution < -0.4 is 5.32 Å². The van der Waals surface area contributed by atoms with Crippen LogP contribution in [-0.2, 0) is 16.1 Å². The van der Waals surface area contributed by atoms with E-state index in [9.17, 15) is 10.1 Å². The van der Waals surface area contributed by atoms with Crippen molar-refractivity contribution in [3.63, 3.8) is 0 Å². The average molecular weight is 369 g/mol. The number of aromatic nitrogens is 3. The summed E-state index contributed by atoms with van der Waals surface area (Å²) in [4.78, 5) is 12.3. The molecule has 1 atom stereocenters. The number of aryl methyl sites for hydroxylation is 2. The molecule has 0 saturated heterocycles. The fraction of sp³-hybridized carbons (Fsp3) is 0.450. The minimum absolute atomic E-state index is 0.105. The maximum Gasteiger partial charge on any atom is 0.261 e. The van der Waals surface area contributed by atoms with E-state index in [0.717, 1.165) is 29.9 Å². The highest BCUT2D eigenvalue weighted by atomic mass is 16.5. The molecule has 0 fully saturated rings. The van der Waals surface area contributed by atoms with Gasteiger partial charge in [-0.1, -0.05) is 0 Å². The van der Waals surface area contributed by atoms with Crippen molar-refractivity contribution in [2.75, 3.05) is 20.3 Å². The third kappa shape index (κ3) is 5.31. The molecular formula is C20H27N5O2. The Balaban J connectivity index is 2.03. The maximum absolute atomic E-state index is 12.3. The molecule has 7 nitrogen and oxygen atoms in total. The van der Waals surface area contributed by atoms with E-state index in [1.165, 1.54) is 0 Å². The summed E-state index contributed by atoms with van der Waals surface area (Å²) in [5, 5.41) is 16.3. The van der Waals surface area contributed by atoms with E-state index in [2.05, 4.69) is 21.9 Å². The van der Waals surface area contributed by atoms with Gasteiger partial charge in [-0.2, -0.15) is 10.4 Å². The third-order valence-electron chi connectivity index (χ3n) is 4.45.